The number of aromatic amines is 1. The fraction of sp³-hybridized carbons (Fsp3) is 0.238. The van der Waals surface area contributed by atoms with E-state index in [1.807, 2.05) is 32.0 Å². The fourth-order valence-corrected chi connectivity index (χ4v) is 3.77. The number of hydrogen-bond donors (Lipinski definition) is 2. The second kappa shape index (κ2) is 9.17. The summed E-state index contributed by atoms with van der Waals surface area (Å²) in [6, 6.07) is 15.3. The maximum absolute atomic E-state index is 12.6. The number of thioether (sulfide) groups is 1. The third-order valence-corrected chi connectivity index (χ3v) is 5.47. The second-order valence-corrected chi connectivity index (χ2v) is 8.14. The van der Waals surface area contributed by atoms with Gasteiger partial charge in [-0.05, 0) is 37.6 Å². The Labute approximate surface area is 173 Å². The third-order valence-electron chi connectivity index (χ3n) is 4.26. The number of carbonyl (C=O) groups is 1. The van der Waals surface area contributed by atoms with Gasteiger partial charge in [-0.1, -0.05) is 53.7 Å². The van der Waals surface area contributed by atoms with Gasteiger partial charge in [-0.3, -0.25) is 4.79 Å². The van der Waals surface area contributed by atoms with Crippen molar-refractivity contribution in [3.63, 3.8) is 0 Å². The van der Waals surface area contributed by atoms with Crippen LogP contribution in [0, 0.1) is 6.92 Å². The van der Waals surface area contributed by atoms with Crippen molar-refractivity contribution >= 4 is 35.0 Å². The molecule has 7 heteroatoms. The van der Waals surface area contributed by atoms with Gasteiger partial charge in [-0.15, -0.1) is 0 Å². The molecule has 3 aromatic rings. The third kappa shape index (κ3) is 5.09. The molecule has 1 atom stereocenters. The summed E-state index contributed by atoms with van der Waals surface area (Å²) < 4.78 is 5.28. The van der Waals surface area contributed by atoms with Crippen molar-refractivity contribution in [1.82, 2.24) is 9.97 Å². The Morgan fingerprint density at radius 3 is 2.75 bits per heavy atom. The van der Waals surface area contributed by atoms with E-state index in [1.54, 1.807) is 25.3 Å². The average Bonchev–Trinajstić information content (AvgIpc) is 3.01. The highest BCUT2D eigenvalue weighted by molar-refractivity contribution is 8.00. The van der Waals surface area contributed by atoms with E-state index in [2.05, 4.69) is 27.4 Å². The van der Waals surface area contributed by atoms with Gasteiger partial charge in [0.2, 0.25) is 5.91 Å². The Balaban J connectivity index is 1.66. The zero-order chi connectivity index (χ0) is 20.1. The first-order chi connectivity index (χ1) is 13.5. The van der Waals surface area contributed by atoms with Crippen LogP contribution in [0.5, 0.6) is 5.75 Å². The van der Waals surface area contributed by atoms with Crippen molar-refractivity contribution in [2.75, 3.05) is 12.4 Å². The molecule has 1 amide bonds. The van der Waals surface area contributed by atoms with Crippen molar-refractivity contribution in [1.29, 1.82) is 0 Å². The molecule has 0 saturated carbocycles. The minimum Gasteiger partial charge on any atom is -0.495 e. The number of methoxy groups -OCH3 is 1. The zero-order valence-electron chi connectivity index (χ0n) is 16.0. The Bertz CT molecular complexity index is 960. The minimum atomic E-state index is -0.348. The lowest BCUT2D eigenvalue weighted by Crippen LogP contribution is -2.22. The Morgan fingerprint density at radius 2 is 2.04 bits per heavy atom. The topological polar surface area (TPSA) is 67.0 Å². The van der Waals surface area contributed by atoms with Crippen LogP contribution in [0.25, 0.3) is 0 Å². The summed E-state index contributed by atoms with van der Waals surface area (Å²) in [7, 11) is 1.55. The summed E-state index contributed by atoms with van der Waals surface area (Å²) in [6.45, 7) is 3.84. The first kappa shape index (κ1) is 20.3. The number of nitrogens with zero attached hydrogens (tertiary/aromatic N) is 1. The SMILES string of the molecule is COc1ccc(Cl)cc1NC(=O)[C@H](C)Sc1nc(Cc2ccccc2)c(C)[nH]1. The van der Waals surface area contributed by atoms with Crippen molar-refractivity contribution in [2.45, 2.75) is 30.7 Å². The Morgan fingerprint density at radius 1 is 1.29 bits per heavy atom. The van der Waals surface area contributed by atoms with Crippen LogP contribution in [-0.4, -0.2) is 28.2 Å². The molecule has 2 aromatic carbocycles. The molecule has 1 heterocycles. The number of benzene rings is 2. The standard InChI is InChI=1S/C21H22ClN3O2S/c1-13-17(11-15-7-5-4-6-8-15)25-21(23-13)28-14(2)20(26)24-18-12-16(22)9-10-19(18)27-3/h4-10,12,14H,11H2,1-3H3,(H,23,25)(H,24,26)/t14-/m0/s1. The van der Waals surface area contributed by atoms with Gasteiger partial charge in [0, 0.05) is 17.1 Å². The maximum atomic E-state index is 12.6. The van der Waals surface area contributed by atoms with Crippen LogP contribution in [0.2, 0.25) is 5.02 Å². The van der Waals surface area contributed by atoms with Gasteiger partial charge in [0.25, 0.3) is 0 Å². The molecule has 5 nitrogen and oxygen atoms in total. The van der Waals surface area contributed by atoms with Gasteiger partial charge in [0.1, 0.15) is 5.75 Å². The highest BCUT2D eigenvalue weighted by atomic mass is 35.5. The quantitative estimate of drug-likeness (QED) is 0.527. The van der Waals surface area contributed by atoms with E-state index in [0.717, 1.165) is 23.0 Å². The fourth-order valence-electron chi connectivity index (χ4n) is 2.72. The lowest BCUT2D eigenvalue weighted by Gasteiger charge is -2.13. The Hall–Kier alpha value is -2.44. The number of rotatable bonds is 7. The van der Waals surface area contributed by atoms with Crippen molar-refractivity contribution in [3.8, 4) is 5.75 Å². The molecule has 0 aliphatic carbocycles. The molecule has 0 saturated heterocycles. The molecule has 0 radical (unpaired) electrons. The van der Waals surface area contributed by atoms with Crippen LogP contribution >= 0.6 is 23.4 Å². The summed E-state index contributed by atoms with van der Waals surface area (Å²) in [6.07, 6.45) is 0.754. The first-order valence-electron chi connectivity index (χ1n) is 8.86. The van der Waals surface area contributed by atoms with Crippen molar-refractivity contribution in [3.05, 3.63) is 70.5 Å². The highest BCUT2D eigenvalue weighted by Crippen LogP contribution is 2.29. The maximum Gasteiger partial charge on any atom is 0.237 e. The normalized spacial score (nSPS) is 11.9. The number of imidazole rings is 1. The van der Waals surface area contributed by atoms with Gasteiger partial charge >= 0.3 is 0 Å². The van der Waals surface area contributed by atoms with E-state index < -0.39 is 0 Å². The number of halogens is 1. The molecule has 2 N–H and O–H groups in total. The van der Waals surface area contributed by atoms with E-state index in [0.29, 0.717) is 16.5 Å². The largest absolute Gasteiger partial charge is 0.495 e. The predicted molar refractivity (Wildman–Crippen MR) is 115 cm³/mol. The number of amides is 1. The number of ether oxygens (including phenoxy) is 1. The lowest BCUT2D eigenvalue weighted by molar-refractivity contribution is -0.115. The van der Waals surface area contributed by atoms with Crippen LogP contribution in [0.3, 0.4) is 0 Å². The van der Waals surface area contributed by atoms with Crippen molar-refractivity contribution in [2.24, 2.45) is 0 Å². The number of hydrogen-bond acceptors (Lipinski definition) is 4. The number of aryl methyl sites for hydroxylation is 1. The highest BCUT2D eigenvalue weighted by Gasteiger charge is 2.19. The molecular formula is C21H22ClN3O2S. The number of aromatic nitrogens is 2. The van der Waals surface area contributed by atoms with Crippen LogP contribution in [-0.2, 0) is 11.2 Å². The van der Waals surface area contributed by atoms with Crippen molar-refractivity contribution < 1.29 is 9.53 Å². The number of nitrogens with one attached hydrogen (secondary N) is 2. The molecule has 3 rings (SSSR count). The zero-order valence-corrected chi connectivity index (χ0v) is 17.5. The van der Waals surface area contributed by atoms with E-state index in [-0.39, 0.29) is 11.2 Å². The molecule has 0 spiro atoms. The van der Waals surface area contributed by atoms with Gasteiger partial charge in [-0.25, -0.2) is 4.98 Å². The van der Waals surface area contributed by atoms with Crippen LogP contribution in [0.15, 0.2) is 53.7 Å². The summed E-state index contributed by atoms with van der Waals surface area (Å²) >= 11 is 7.41. The average molecular weight is 416 g/mol. The number of anilines is 1. The molecule has 0 fully saturated rings. The van der Waals surface area contributed by atoms with Crippen LogP contribution in [0.4, 0.5) is 5.69 Å². The molecular weight excluding hydrogens is 394 g/mol. The summed E-state index contributed by atoms with van der Waals surface area (Å²) in [5.41, 5.74) is 3.74. The second-order valence-electron chi connectivity index (χ2n) is 6.37. The monoisotopic (exact) mass is 415 g/mol. The number of H-pyrrole nitrogens is 1. The molecule has 0 aliphatic rings. The van der Waals surface area contributed by atoms with E-state index in [4.69, 9.17) is 16.3 Å². The minimum absolute atomic E-state index is 0.149. The van der Waals surface area contributed by atoms with Gasteiger partial charge < -0.3 is 15.0 Å². The van der Waals surface area contributed by atoms with Gasteiger partial charge in [0.15, 0.2) is 5.16 Å². The molecule has 0 aliphatic heterocycles. The van der Waals surface area contributed by atoms with Gasteiger partial charge in [0.05, 0.1) is 23.7 Å². The van der Waals surface area contributed by atoms with E-state index in [9.17, 15) is 4.79 Å². The van der Waals surface area contributed by atoms with E-state index >= 15 is 0 Å². The smallest absolute Gasteiger partial charge is 0.237 e. The predicted octanol–water partition coefficient (Wildman–Crippen LogP) is 5.09. The molecule has 1 aromatic heterocycles. The summed E-state index contributed by atoms with van der Waals surface area (Å²) in [4.78, 5) is 20.5. The Kier molecular flexibility index (Phi) is 6.65. The lowest BCUT2D eigenvalue weighted by atomic mass is 10.1. The van der Waals surface area contributed by atoms with Gasteiger partial charge in [-0.2, -0.15) is 0 Å². The summed E-state index contributed by atoms with van der Waals surface area (Å²) in [5.74, 6) is 0.415. The molecule has 28 heavy (non-hydrogen) atoms. The first-order valence-corrected chi connectivity index (χ1v) is 10.1. The van der Waals surface area contributed by atoms with E-state index in [1.165, 1.54) is 17.3 Å². The molecule has 0 unspecified atom stereocenters. The summed E-state index contributed by atoms with van der Waals surface area (Å²) in [5, 5.41) is 3.78. The number of carbonyl (C=O) groups excluding carboxylic acids is 1. The molecule has 0 bridgehead atoms. The van der Waals surface area contributed by atoms with Crippen LogP contribution in [0.1, 0.15) is 23.9 Å². The van der Waals surface area contributed by atoms with Crippen LogP contribution < -0.4 is 10.1 Å². The molecule has 146 valence electrons.